The lowest BCUT2D eigenvalue weighted by Gasteiger charge is -2.49. The molecule has 0 amide bonds. The van der Waals surface area contributed by atoms with Crippen LogP contribution in [-0.2, 0) is 16.0 Å². The number of hydrogen-bond donors (Lipinski definition) is 0. The molecule has 0 saturated heterocycles. The highest BCUT2D eigenvalue weighted by atomic mass is 16.5. The molecular formula is C25H35NO2. The molecule has 1 fully saturated rings. The first-order valence-corrected chi connectivity index (χ1v) is 10.4. The van der Waals surface area contributed by atoms with Crippen molar-refractivity contribution in [3.8, 4) is 6.07 Å². The minimum Gasteiger partial charge on any atom is -0.469 e. The molecule has 0 unspecified atom stereocenters. The van der Waals surface area contributed by atoms with Gasteiger partial charge in [-0.05, 0) is 73.5 Å². The summed E-state index contributed by atoms with van der Waals surface area (Å²) in [7, 11) is 1.48. The molecule has 0 bridgehead atoms. The topological polar surface area (TPSA) is 50.1 Å². The number of carbonyl (C=O) groups is 1. The maximum absolute atomic E-state index is 12.7. The van der Waals surface area contributed by atoms with Crippen LogP contribution in [0, 0.1) is 35.0 Å². The third-order valence-electron chi connectivity index (χ3n) is 7.02. The van der Waals surface area contributed by atoms with Gasteiger partial charge in [0.1, 0.15) is 0 Å². The molecule has 2 rings (SSSR count). The molecule has 0 N–H and O–H groups in total. The summed E-state index contributed by atoms with van der Waals surface area (Å²) in [5, 5.41) is 9.70. The average molecular weight is 382 g/mol. The second kappa shape index (κ2) is 8.52. The minimum absolute atomic E-state index is 0.112. The van der Waals surface area contributed by atoms with Crippen molar-refractivity contribution in [2.24, 2.45) is 16.7 Å². The maximum atomic E-state index is 12.7. The normalized spacial score (nSPS) is 27.3. The zero-order chi connectivity index (χ0) is 21.1. The summed E-state index contributed by atoms with van der Waals surface area (Å²) in [6.07, 6.45) is 6.51. The van der Waals surface area contributed by atoms with Crippen LogP contribution in [0.1, 0.15) is 81.5 Å². The molecule has 0 aromatic heterocycles. The first-order valence-electron chi connectivity index (χ1n) is 10.4. The van der Waals surface area contributed by atoms with Gasteiger partial charge in [-0.2, -0.15) is 5.26 Å². The lowest BCUT2D eigenvalue weighted by Crippen LogP contribution is -2.48. The van der Waals surface area contributed by atoms with E-state index in [1.165, 1.54) is 12.7 Å². The predicted octanol–water partition coefficient (Wildman–Crippen LogP) is 6.09. The molecule has 1 saturated carbocycles. The first-order chi connectivity index (χ1) is 13.1. The van der Waals surface area contributed by atoms with Crippen LogP contribution in [0.4, 0.5) is 0 Å². The van der Waals surface area contributed by atoms with Crippen molar-refractivity contribution in [2.75, 3.05) is 7.11 Å². The molecule has 28 heavy (non-hydrogen) atoms. The van der Waals surface area contributed by atoms with Gasteiger partial charge in [0.25, 0.3) is 0 Å². The number of hydrogen-bond acceptors (Lipinski definition) is 3. The largest absolute Gasteiger partial charge is 0.469 e. The first kappa shape index (κ1) is 22.2. The fraction of sp³-hybridized carbons (Fsp3) is 0.600. The molecule has 1 aromatic carbocycles. The molecule has 152 valence electrons. The van der Waals surface area contributed by atoms with Crippen LogP contribution in [0.2, 0.25) is 0 Å². The maximum Gasteiger partial charge on any atom is 0.311 e. The number of nitriles is 1. The van der Waals surface area contributed by atoms with Crippen LogP contribution in [-0.4, -0.2) is 13.1 Å². The van der Waals surface area contributed by atoms with Gasteiger partial charge in [-0.25, -0.2) is 0 Å². The van der Waals surface area contributed by atoms with Crippen LogP contribution >= 0.6 is 0 Å². The molecule has 0 heterocycles. The van der Waals surface area contributed by atoms with E-state index in [4.69, 9.17) is 4.74 Å². The number of allylic oxidation sites excluding steroid dienone is 1. The third kappa shape index (κ3) is 4.02. The molecule has 3 heteroatoms. The summed E-state index contributed by atoms with van der Waals surface area (Å²) in [5.41, 5.74) is 3.54. The van der Waals surface area contributed by atoms with Crippen LogP contribution in [0.25, 0.3) is 0 Å². The van der Waals surface area contributed by atoms with Gasteiger partial charge in [0.2, 0.25) is 0 Å². The Morgan fingerprint density at radius 1 is 1.39 bits per heavy atom. The smallest absolute Gasteiger partial charge is 0.311 e. The summed E-state index contributed by atoms with van der Waals surface area (Å²) < 4.78 is 5.20. The second-order valence-electron chi connectivity index (χ2n) is 9.20. The number of carbonyl (C=O) groups excluding carboxylic acids is 1. The number of nitrogens with zero attached hydrogens (tertiary/aromatic N) is 1. The van der Waals surface area contributed by atoms with Gasteiger partial charge in [-0.3, -0.25) is 4.79 Å². The van der Waals surface area contributed by atoms with E-state index >= 15 is 0 Å². The van der Waals surface area contributed by atoms with Gasteiger partial charge < -0.3 is 4.74 Å². The Kier molecular flexibility index (Phi) is 6.75. The van der Waals surface area contributed by atoms with Gasteiger partial charge in [0, 0.05) is 0 Å². The molecule has 3 nitrogen and oxygen atoms in total. The highest BCUT2D eigenvalue weighted by Gasteiger charge is 2.51. The number of methoxy groups -OCH3 is 1. The number of benzene rings is 1. The van der Waals surface area contributed by atoms with Crippen molar-refractivity contribution >= 4 is 5.97 Å². The molecule has 0 aliphatic heterocycles. The number of ether oxygens (including phenoxy) is 1. The molecule has 0 radical (unpaired) electrons. The van der Waals surface area contributed by atoms with E-state index in [1.807, 2.05) is 19.9 Å². The summed E-state index contributed by atoms with van der Waals surface area (Å²) in [6, 6.07) is 6.70. The highest BCUT2D eigenvalue weighted by molar-refractivity contribution is 5.77. The zero-order valence-electron chi connectivity index (χ0n) is 18.4. The van der Waals surface area contributed by atoms with E-state index in [0.29, 0.717) is 5.92 Å². The summed E-state index contributed by atoms with van der Waals surface area (Å²) in [6.45, 7) is 14.7. The van der Waals surface area contributed by atoms with Crippen molar-refractivity contribution in [1.82, 2.24) is 0 Å². The fourth-order valence-electron chi connectivity index (χ4n) is 5.16. The highest BCUT2D eigenvalue weighted by Crippen LogP contribution is 2.54. The van der Waals surface area contributed by atoms with E-state index in [-0.39, 0.29) is 17.3 Å². The lowest BCUT2D eigenvalue weighted by molar-refractivity contribution is -0.162. The van der Waals surface area contributed by atoms with Gasteiger partial charge in [0.05, 0.1) is 24.2 Å². The zero-order valence-corrected chi connectivity index (χ0v) is 18.4. The SMILES string of the molecule is C=C[C@@]1(C)CCC[C@@](C)(C(=O)OC)[C@@H]1CCc1cc(C(C)C)cc(C)c1C#N. The van der Waals surface area contributed by atoms with Crippen molar-refractivity contribution in [3.63, 3.8) is 0 Å². The van der Waals surface area contributed by atoms with E-state index in [0.717, 1.165) is 48.8 Å². The summed E-state index contributed by atoms with van der Waals surface area (Å²) >= 11 is 0. The molecule has 0 spiro atoms. The minimum atomic E-state index is -0.520. The summed E-state index contributed by atoms with van der Waals surface area (Å²) in [5.74, 6) is 0.421. The van der Waals surface area contributed by atoms with E-state index in [9.17, 15) is 10.1 Å². The fourth-order valence-corrected chi connectivity index (χ4v) is 5.16. The van der Waals surface area contributed by atoms with Crippen LogP contribution in [0.15, 0.2) is 24.8 Å². The number of aryl methyl sites for hydroxylation is 2. The standard InChI is InChI=1S/C25H35NO2/c1-8-24(5)12-9-13-25(6,23(27)28-7)22(24)11-10-19-15-20(17(2)3)14-18(4)21(19)16-26/h8,14-15,17,22H,1,9-13H2,2-7H3/t22-,24+,25-/m1/s1. The monoisotopic (exact) mass is 381 g/mol. The van der Waals surface area contributed by atoms with E-state index in [2.05, 4.69) is 45.6 Å². The van der Waals surface area contributed by atoms with Crippen molar-refractivity contribution < 1.29 is 9.53 Å². The van der Waals surface area contributed by atoms with Crippen LogP contribution < -0.4 is 0 Å². The molecule has 1 aliphatic rings. The number of esters is 1. The Morgan fingerprint density at radius 2 is 2.07 bits per heavy atom. The Morgan fingerprint density at radius 3 is 2.61 bits per heavy atom. The summed E-state index contributed by atoms with van der Waals surface area (Å²) in [4.78, 5) is 12.7. The van der Waals surface area contributed by atoms with Crippen molar-refractivity contribution in [1.29, 1.82) is 5.26 Å². The van der Waals surface area contributed by atoms with Crippen molar-refractivity contribution in [2.45, 2.75) is 72.6 Å². The van der Waals surface area contributed by atoms with Gasteiger partial charge in [0.15, 0.2) is 0 Å². The second-order valence-corrected chi connectivity index (χ2v) is 9.20. The third-order valence-corrected chi connectivity index (χ3v) is 7.02. The Bertz CT molecular complexity index is 788. The van der Waals surface area contributed by atoms with Crippen molar-refractivity contribution in [3.05, 3.63) is 47.0 Å². The van der Waals surface area contributed by atoms with Gasteiger partial charge in [-0.1, -0.05) is 45.4 Å². The Labute approximate surface area is 170 Å². The molecular weight excluding hydrogens is 346 g/mol. The quantitative estimate of drug-likeness (QED) is 0.442. The van der Waals surface area contributed by atoms with Crippen LogP contribution in [0.3, 0.4) is 0 Å². The van der Waals surface area contributed by atoms with Crippen LogP contribution in [0.5, 0.6) is 0 Å². The predicted molar refractivity (Wildman–Crippen MR) is 114 cm³/mol. The van der Waals surface area contributed by atoms with E-state index in [1.54, 1.807) is 0 Å². The average Bonchev–Trinajstić information content (AvgIpc) is 2.66. The lowest BCUT2D eigenvalue weighted by atomic mass is 9.54. The van der Waals surface area contributed by atoms with E-state index < -0.39 is 5.41 Å². The molecule has 1 aromatic rings. The Hall–Kier alpha value is -2.08. The number of rotatable bonds is 6. The molecule has 1 aliphatic carbocycles. The van der Waals surface area contributed by atoms with Gasteiger partial charge >= 0.3 is 5.97 Å². The Balaban J connectivity index is 2.43. The molecule has 3 atom stereocenters. The van der Waals surface area contributed by atoms with Gasteiger partial charge in [-0.15, -0.1) is 6.58 Å².